The van der Waals surface area contributed by atoms with Crippen LogP contribution in [0.3, 0.4) is 0 Å². The van der Waals surface area contributed by atoms with Crippen molar-refractivity contribution in [1.29, 1.82) is 0 Å². The van der Waals surface area contributed by atoms with Crippen LogP contribution in [0.2, 0.25) is 0 Å². The SMILES string of the molecule is C#Cc1c(F)ccc2cc(O)cc(-c3nc4c5c(nc(OC[C@]67CC(F)CN6C[C@H](OC)C7)nc5c3F)N3CCCC[C@H]3CO4)c12. The van der Waals surface area contributed by atoms with Gasteiger partial charge in [-0.15, -0.1) is 6.42 Å². The zero-order valence-electron chi connectivity index (χ0n) is 25.2. The van der Waals surface area contributed by atoms with E-state index in [0.717, 1.165) is 19.3 Å². The summed E-state index contributed by atoms with van der Waals surface area (Å²) >= 11 is 0. The van der Waals surface area contributed by atoms with Crippen LogP contribution >= 0.6 is 0 Å². The van der Waals surface area contributed by atoms with Gasteiger partial charge in [0.25, 0.3) is 0 Å². The van der Waals surface area contributed by atoms with Gasteiger partial charge in [-0.3, -0.25) is 4.90 Å². The Kier molecular flexibility index (Phi) is 6.88. The molecule has 0 radical (unpaired) electrons. The Morgan fingerprint density at radius 3 is 2.83 bits per heavy atom. The molecule has 4 aromatic rings. The van der Waals surface area contributed by atoms with Gasteiger partial charge in [0.15, 0.2) is 5.82 Å². The standard InChI is InChI=1S/C34H32F3N5O4/c1-3-23-25(36)8-7-18-10-21(43)11-24(26(18)23)29-28(37)30-27-31(42-9-5-4-6-20(42)16-45-32(27)38-29)40-33(39-30)46-17-34-12-19(35)14-41(34)15-22(13-34)44-2/h1,7-8,10-11,19-20,22,43H,4-6,9,12-17H2,2H3/t19?,20-,22+,34+/m0/s1. The third-order valence-electron chi connectivity index (χ3n) is 10.0. The maximum Gasteiger partial charge on any atom is 0.319 e. The number of rotatable bonds is 5. The molecule has 9 nitrogen and oxygen atoms in total. The molecule has 4 atom stereocenters. The smallest absolute Gasteiger partial charge is 0.319 e. The quantitative estimate of drug-likeness (QED) is 0.301. The molecule has 3 saturated heterocycles. The molecule has 238 valence electrons. The molecule has 2 aromatic heterocycles. The van der Waals surface area contributed by atoms with Crippen LogP contribution in [0.4, 0.5) is 19.0 Å². The lowest BCUT2D eigenvalue weighted by Crippen LogP contribution is -2.44. The summed E-state index contributed by atoms with van der Waals surface area (Å²) < 4.78 is 64.5. The van der Waals surface area contributed by atoms with Crippen LogP contribution in [0.15, 0.2) is 24.3 Å². The van der Waals surface area contributed by atoms with E-state index in [9.17, 15) is 13.9 Å². The number of phenols is 1. The molecular weight excluding hydrogens is 599 g/mol. The van der Waals surface area contributed by atoms with Gasteiger partial charge < -0.3 is 24.2 Å². The second-order valence-corrected chi connectivity index (χ2v) is 12.7. The summed E-state index contributed by atoms with van der Waals surface area (Å²) in [6, 6.07) is 5.32. The number of phenolic OH excluding ortho intramolecular Hbond substituents is 1. The first-order valence-corrected chi connectivity index (χ1v) is 15.6. The molecule has 4 aliphatic heterocycles. The minimum atomic E-state index is -0.988. The van der Waals surface area contributed by atoms with Crippen molar-refractivity contribution in [2.75, 3.05) is 44.9 Å². The molecule has 0 saturated carbocycles. The molecule has 0 aliphatic carbocycles. The Bertz CT molecular complexity index is 1940. The largest absolute Gasteiger partial charge is 0.508 e. The van der Waals surface area contributed by atoms with E-state index in [4.69, 9.17) is 25.6 Å². The molecule has 3 fully saturated rings. The van der Waals surface area contributed by atoms with Gasteiger partial charge in [0.05, 0.1) is 23.2 Å². The number of benzene rings is 2. The van der Waals surface area contributed by atoms with Crippen molar-refractivity contribution >= 4 is 27.5 Å². The van der Waals surface area contributed by atoms with Crippen LogP contribution in [0, 0.1) is 24.0 Å². The average Bonchev–Trinajstić information content (AvgIpc) is 3.49. The molecule has 1 unspecified atom stereocenters. The molecule has 4 aliphatic rings. The van der Waals surface area contributed by atoms with Gasteiger partial charge in [0.1, 0.15) is 53.4 Å². The number of ether oxygens (including phenoxy) is 3. The van der Waals surface area contributed by atoms with Crippen LogP contribution in [0.5, 0.6) is 17.6 Å². The molecule has 1 N–H and O–H groups in total. The summed E-state index contributed by atoms with van der Waals surface area (Å²) in [7, 11) is 1.65. The van der Waals surface area contributed by atoms with Gasteiger partial charge in [0.2, 0.25) is 5.88 Å². The van der Waals surface area contributed by atoms with Gasteiger partial charge in [0, 0.05) is 44.1 Å². The first-order chi connectivity index (χ1) is 22.3. The zero-order chi connectivity index (χ0) is 31.7. The highest BCUT2D eigenvalue weighted by Crippen LogP contribution is 2.45. The Hall–Kier alpha value is -4.34. The molecule has 0 spiro atoms. The lowest BCUT2D eigenvalue weighted by molar-refractivity contribution is 0.0969. The van der Waals surface area contributed by atoms with E-state index in [0.29, 0.717) is 55.7 Å². The molecule has 12 heteroatoms. The highest BCUT2D eigenvalue weighted by Gasteiger charge is 2.53. The molecule has 6 heterocycles. The van der Waals surface area contributed by atoms with Gasteiger partial charge >= 0.3 is 6.01 Å². The highest BCUT2D eigenvalue weighted by atomic mass is 19.1. The Balaban J connectivity index is 1.31. The number of hydrogen-bond donors (Lipinski definition) is 1. The number of halogens is 3. The lowest BCUT2D eigenvalue weighted by atomic mass is 9.94. The minimum Gasteiger partial charge on any atom is -0.508 e. The van der Waals surface area contributed by atoms with Gasteiger partial charge in [-0.25, -0.2) is 18.2 Å². The van der Waals surface area contributed by atoms with Gasteiger partial charge in [-0.1, -0.05) is 12.0 Å². The number of fused-ring (bicyclic) bond motifs is 4. The van der Waals surface area contributed by atoms with Crippen LogP contribution in [-0.4, -0.2) is 88.8 Å². The fourth-order valence-corrected chi connectivity index (χ4v) is 7.86. The fourth-order valence-electron chi connectivity index (χ4n) is 7.86. The number of terminal acetylenes is 1. The number of nitrogens with zero attached hydrogens (tertiary/aromatic N) is 5. The molecular formula is C34H32F3N5O4. The lowest BCUT2D eigenvalue weighted by Gasteiger charge is -2.35. The van der Waals surface area contributed by atoms with Crippen molar-refractivity contribution in [1.82, 2.24) is 19.9 Å². The van der Waals surface area contributed by atoms with E-state index < -0.39 is 23.3 Å². The minimum absolute atomic E-state index is 0.0299. The molecule has 2 aromatic carbocycles. The third kappa shape index (κ3) is 4.51. The number of hydrogen-bond acceptors (Lipinski definition) is 9. The van der Waals surface area contributed by atoms with E-state index in [1.54, 1.807) is 7.11 Å². The van der Waals surface area contributed by atoms with Crippen LogP contribution in [0.1, 0.15) is 37.7 Å². The summed E-state index contributed by atoms with van der Waals surface area (Å²) in [5, 5.41) is 11.5. The van der Waals surface area contributed by atoms with E-state index in [2.05, 4.69) is 25.7 Å². The number of pyridine rings is 1. The fraction of sp³-hybridized carbons (Fsp3) is 0.441. The number of aromatic nitrogens is 3. The number of methoxy groups -OCH3 is 1. The van der Waals surface area contributed by atoms with E-state index in [1.165, 1.54) is 24.3 Å². The summed E-state index contributed by atoms with van der Waals surface area (Å²) in [4.78, 5) is 18.1. The Morgan fingerprint density at radius 1 is 1.13 bits per heavy atom. The van der Waals surface area contributed by atoms with Crippen molar-refractivity contribution in [3.63, 3.8) is 0 Å². The summed E-state index contributed by atoms with van der Waals surface area (Å²) in [6.07, 6.45) is 8.33. The van der Waals surface area contributed by atoms with E-state index in [-0.39, 0.29) is 64.1 Å². The van der Waals surface area contributed by atoms with Crippen LogP contribution in [0.25, 0.3) is 32.9 Å². The monoisotopic (exact) mass is 631 g/mol. The predicted octanol–water partition coefficient (Wildman–Crippen LogP) is 5.14. The van der Waals surface area contributed by atoms with Crippen molar-refractivity contribution < 1.29 is 32.5 Å². The van der Waals surface area contributed by atoms with Crippen molar-refractivity contribution in [2.45, 2.75) is 56.0 Å². The topological polar surface area (TPSA) is 93.1 Å². The normalized spacial score (nSPS) is 25.6. The summed E-state index contributed by atoms with van der Waals surface area (Å²) in [5.41, 5.74) is -0.876. The first-order valence-electron chi connectivity index (χ1n) is 15.6. The van der Waals surface area contributed by atoms with Crippen molar-refractivity contribution in [3.05, 3.63) is 41.5 Å². The van der Waals surface area contributed by atoms with Crippen molar-refractivity contribution in [2.24, 2.45) is 0 Å². The Morgan fingerprint density at radius 2 is 2.00 bits per heavy atom. The average molecular weight is 632 g/mol. The van der Waals surface area contributed by atoms with E-state index >= 15 is 4.39 Å². The van der Waals surface area contributed by atoms with Crippen LogP contribution in [-0.2, 0) is 4.74 Å². The van der Waals surface area contributed by atoms with Crippen LogP contribution < -0.4 is 14.4 Å². The van der Waals surface area contributed by atoms with Gasteiger partial charge in [-0.05, 0) is 49.3 Å². The zero-order valence-corrected chi connectivity index (χ0v) is 25.2. The first kappa shape index (κ1) is 29.1. The second-order valence-electron chi connectivity index (χ2n) is 12.7. The molecule has 0 bridgehead atoms. The third-order valence-corrected chi connectivity index (χ3v) is 10.0. The predicted molar refractivity (Wildman–Crippen MR) is 165 cm³/mol. The van der Waals surface area contributed by atoms with E-state index in [1.807, 2.05) is 0 Å². The Labute approximate surface area is 263 Å². The number of piperidine rings is 1. The highest BCUT2D eigenvalue weighted by molar-refractivity contribution is 6.04. The number of alkyl halides is 1. The number of aromatic hydroxyl groups is 1. The number of anilines is 1. The van der Waals surface area contributed by atoms with Gasteiger partial charge in [-0.2, -0.15) is 9.97 Å². The summed E-state index contributed by atoms with van der Waals surface area (Å²) in [5.74, 6) is 1.29. The molecule has 8 rings (SSSR count). The summed E-state index contributed by atoms with van der Waals surface area (Å²) in [6.45, 7) is 1.97. The molecule has 46 heavy (non-hydrogen) atoms. The maximum atomic E-state index is 16.9. The second kappa shape index (κ2) is 10.9. The van der Waals surface area contributed by atoms with Crippen molar-refractivity contribution in [3.8, 4) is 41.2 Å². The maximum absolute atomic E-state index is 16.9. The molecule has 0 amide bonds.